The van der Waals surface area contributed by atoms with Crippen molar-refractivity contribution in [2.75, 3.05) is 0 Å². The number of fused-ring (bicyclic) bond motifs is 2. The fraction of sp³-hybridized carbons (Fsp3) is 1.00. The van der Waals surface area contributed by atoms with E-state index in [4.69, 9.17) is 0 Å². The van der Waals surface area contributed by atoms with Gasteiger partial charge in [-0.1, -0.05) is 6.42 Å². The van der Waals surface area contributed by atoms with Crippen molar-refractivity contribution in [3.8, 4) is 0 Å². The second kappa shape index (κ2) is 1.98. The van der Waals surface area contributed by atoms with Gasteiger partial charge >= 0.3 is 0 Å². The van der Waals surface area contributed by atoms with Gasteiger partial charge in [-0.25, -0.2) is 0 Å². The van der Waals surface area contributed by atoms with Crippen LogP contribution < -0.4 is 0 Å². The van der Waals surface area contributed by atoms with Gasteiger partial charge in [-0.2, -0.15) is 0 Å². The van der Waals surface area contributed by atoms with Crippen molar-refractivity contribution in [3.63, 3.8) is 0 Å². The lowest BCUT2D eigenvalue weighted by Gasteiger charge is -2.24. The van der Waals surface area contributed by atoms with Gasteiger partial charge in [0.15, 0.2) is 0 Å². The highest BCUT2D eigenvalue weighted by atomic mass is 16.3. The molecule has 0 heterocycles. The predicted octanol–water partition coefficient (Wildman–Crippen LogP) is 1.56. The first-order valence-corrected chi connectivity index (χ1v) is 4.06. The van der Waals surface area contributed by atoms with Crippen LogP contribution in [0.3, 0.4) is 0 Å². The number of aliphatic hydroxyl groups excluding tert-OH is 1. The van der Waals surface area contributed by atoms with Gasteiger partial charge in [0, 0.05) is 0 Å². The smallest absolute Gasteiger partial charge is 0.0596 e. The van der Waals surface area contributed by atoms with E-state index in [9.17, 15) is 5.11 Å². The summed E-state index contributed by atoms with van der Waals surface area (Å²) in [7, 11) is 0. The van der Waals surface area contributed by atoms with Crippen molar-refractivity contribution in [1.82, 2.24) is 0 Å². The zero-order valence-corrected chi connectivity index (χ0v) is 5.71. The van der Waals surface area contributed by atoms with E-state index in [-0.39, 0.29) is 6.10 Å². The highest BCUT2D eigenvalue weighted by Gasteiger charge is 2.37. The van der Waals surface area contributed by atoms with Crippen LogP contribution in [-0.2, 0) is 0 Å². The molecule has 1 heteroatoms. The Morgan fingerprint density at radius 2 is 1.44 bits per heavy atom. The second-order valence-electron chi connectivity index (χ2n) is 3.52. The summed E-state index contributed by atoms with van der Waals surface area (Å²) < 4.78 is 0. The summed E-state index contributed by atoms with van der Waals surface area (Å²) in [4.78, 5) is 0. The molecule has 2 bridgehead atoms. The van der Waals surface area contributed by atoms with E-state index in [2.05, 4.69) is 0 Å². The van der Waals surface area contributed by atoms with Gasteiger partial charge in [0.2, 0.25) is 0 Å². The average Bonchev–Trinajstić information content (AvgIpc) is 2.19. The predicted molar refractivity (Wildman–Crippen MR) is 36.1 cm³/mol. The third-order valence-corrected chi connectivity index (χ3v) is 3.02. The maximum Gasteiger partial charge on any atom is 0.0596 e. The van der Waals surface area contributed by atoms with Gasteiger partial charge < -0.3 is 5.11 Å². The van der Waals surface area contributed by atoms with Crippen LogP contribution in [0.2, 0.25) is 0 Å². The third kappa shape index (κ3) is 0.787. The highest BCUT2D eigenvalue weighted by Crippen LogP contribution is 2.41. The van der Waals surface area contributed by atoms with Crippen LogP contribution in [0.4, 0.5) is 0 Å². The van der Waals surface area contributed by atoms with Crippen LogP contribution in [0.25, 0.3) is 0 Å². The maximum absolute atomic E-state index is 9.51. The van der Waals surface area contributed by atoms with E-state index in [1.54, 1.807) is 0 Å². The Morgan fingerprint density at radius 1 is 0.889 bits per heavy atom. The van der Waals surface area contributed by atoms with Crippen molar-refractivity contribution in [2.45, 2.75) is 38.2 Å². The molecule has 0 aromatic rings. The molecule has 2 aliphatic carbocycles. The monoisotopic (exact) mass is 126 g/mol. The summed E-state index contributed by atoms with van der Waals surface area (Å²) in [6, 6.07) is 0. The van der Waals surface area contributed by atoms with Crippen molar-refractivity contribution in [1.29, 1.82) is 0 Å². The molecule has 0 saturated heterocycles. The quantitative estimate of drug-likeness (QED) is 0.522. The number of hydrogen-bond donors (Lipinski definition) is 1. The Kier molecular flexibility index (Phi) is 1.26. The first kappa shape index (κ1) is 5.72. The Morgan fingerprint density at radius 3 is 1.89 bits per heavy atom. The van der Waals surface area contributed by atoms with E-state index >= 15 is 0 Å². The molecule has 3 atom stereocenters. The van der Waals surface area contributed by atoms with E-state index < -0.39 is 0 Å². The first-order chi connectivity index (χ1) is 4.38. The molecule has 52 valence electrons. The Hall–Kier alpha value is -0.0400. The Bertz CT molecular complexity index is 95.1. The molecule has 0 unspecified atom stereocenters. The third-order valence-electron chi connectivity index (χ3n) is 3.02. The van der Waals surface area contributed by atoms with Crippen molar-refractivity contribution < 1.29 is 5.11 Å². The van der Waals surface area contributed by atoms with Crippen LogP contribution in [0.1, 0.15) is 32.1 Å². The van der Waals surface area contributed by atoms with Crippen molar-refractivity contribution >= 4 is 0 Å². The molecule has 2 aliphatic rings. The molecule has 2 fully saturated rings. The van der Waals surface area contributed by atoms with Crippen LogP contribution >= 0.6 is 0 Å². The van der Waals surface area contributed by atoms with Crippen LogP contribution in [-0.4, -0.2) is 11.2 Å². The topological polar surface area (TPSA) is 20.2 Å². The van der Waals surface area contributed by atoms with Crippen molar-refractivity contribution in [2.24, 2.45) is 11.8 Å². The van der Waals surface area contributed by atoms with Gasteiger partial charge in [-0.3, -0.25) is 0 Å². The minimum Gasteiger partial charge on any atom is -0.393 e. The van der Waals surface area contributed by atoms with E-state index in [1.165, 1.54) is 32.1 Å². The summed E-state index contributed by atoms with van der Waals surface area (Å²) >= 11 is 0. The zero-order valence-electron chi connectivity index (χ0n) is 5.71. The molecule has 0 radical (unpaired) electrons. The molecule has 2 rings (SSSR count). The number of hydrogen-bond acceptors (Lipinski definition) is 1. The normalized spacial score (nSPS) is 49.7. The molecular formula is C8H14O. The van der Waals surface area contributed by atoms with Gasteiger partial charge in [-0.15, -0.1) is 0 Å². The molecule has 0 aliphatic heterocycles. The van der Waals surface area contributed by atoms with Gasteiger partial charge in [0.25, 0.3) is 0 Å². The SMILES string of the molecule is O[C@H]1[C@@H]2CCC[C@H]1CC2. The minimum absolute atomic E-state index is 0.0822. The molecule has 0 aromatic carbocycles. The standard InChI is InChI=1S/C8H14O/c9-8-6-2-1-3-7(8)5-4-6/h6-9H,1-5H2/t6-,7+,8+. The zero-order chi connectivity index (χ0) is 6.27. The Labute approximate surface area is 56.1 Å². The molecular weight excluding hydrogens is 112 g/mol. The summed E-state index contributed by atoms with van der Waals surface area (Å²) in [5.41, 5.74) is 0. The fourth-order valence-corrected chi connectivity index (χ4v) is 2.43. The molecule has 0 spiro atoms. The molecule has 2 saturated carbocycles. The van der Waals surface area contributed by atoms with Crippen LogP contribution in [0, 0.1) is 11.8 Å². The highest BCUT2D eigenvalue weighted by molar-refractivity contribution is 4.88. The second-order valence-corrected chi connectivity index (χ2v) is 3.52. The lowest BCUT2D eigenvalue weighted by Crippen LogP contribution is -2.24. The largest absolute Gasteiger partial charge is 0.393 e. The lowest BCUT2D eigenvalue weighted by molar-refractivity contribution is 0.0605. The van der Waals surface area contributed by atoms with Gasteiger partial charge in [-0.05, 0) is 37.5 Å². The van der Waals surface area contributed by atoms with E-state index in [1.807, 2.05) is 0 Å². The summed E-state index contributed by atoms with van der Waals surface area (Å²) in [6.07, 6.45) is 6.62. The summed E-state index contributed by atoms with van der Waals surface area (Å²) in [6.45, 7) is 0. The summed E-state index contributed by atoms with van der Waals surface area (Å²) in [5, 5.41) is 9.51. The van der Waals surface area contributed by atoms with Gasteiger partial charge in [0.05, 0.1) is 6.10 Å². The summed E-state index contributed by atoms with van der Waals surface area (Å²) in [5.74, 6) is 1.37. The number of rotatable bonds is 0. The Balaban J connectivity index is 2.10. The first-order valence-electron chi connectivity index (χ1n) is 4.06. The van der Waals surface area contributed by atoms with Crippen molar-refractivity contribution in [3.05, 3.63) is 0 Å². The molecule has 0 aromatic heterocycles. The average molecular weight is 126 g/mol. The van der Waals surface area contributed by atoms with Crippen LogP contribution in [0.5, 0.6) is 0 Å². The maximum atomic E-state index is 9.51. The molecule has 0 amide bonds. The van der Waals surface area contributed by atoms with Crippen LogP contribution in [0.15, 0.2) is 0 Å². The fourth-order valence-electron chi connectivity index (χ4n) is 2.43. The molecule has 9 heavy (non-hydrogen) atoms. The molecule has 1 N–H and O–H groups in total. The molecule has 1 nitrogen and oxygen atoms in total. The van der Waals surface area contributed by atoms with Gasteiger partial charge in [0.1, 0.15) is 0 Å². The lowest BCUT2D eigenvalue weighted by atomic mass is 9.86. The minimum atomic E-state index is 0.0822. The number of aliphatic hydroxyl groups is 1. The van der Waals surface area contributed by atoms with E-state index in [0.29, 0.717) is 11.8 Å². The van der Waals surface area contributed by atoms with E-state index in [0.717, 1.165) is 0 Å².